The standard InChI is InChI=1S/C29H32AsN4O5/c1-5-34(6-2)14-13-30-27(35)25-17(3)31-23(26(25)19-9-7-8-10-24(19)39-4)16-21-20-15-18(32-29(37)38)11-12-22(20)33-28(21)36/h7-12,15-16,31-32H,5-6,13-14H2,1-4H3,(H,33,36)(H,37,38). The Balaban J connectivity index is 1.81. The number of hydrogen-bond acceptors (Lipinski definition) is 5. The van der Waals surface area contributed by atoms with Gasteiger partial charge in [0.25, 0.3) is 0 Å². The Morgan fingerprint density at radius 3 is 2.56 bits per heavy atom. The fraction of sp³-hybridized carbons (Fsp3) is 0.276. The molecule has 0 spiro atoms. The Kier molecular flexibility index (Phi) is 8.94. The van der Waals surface area contributed by atoms with E-state index < -0.39 is 21.8 Å². The van der Waals surface area contributed by atoms with Gasteiger partial charge in [0.1, 0.15) is 0 Å². The van der Waals surface area contributed by atoms with Crippen molar-refractivity contribution in [3.05, 3.63) is 65.0 Å². The Bertz CT molecular complexity index is 1440. The molecule has 1 aromatic heterocycles. The van der Waals surface area contributed by atoms with Crippen LogP contribution in [0, 0.1) is 6.92 Å². The molecule has 9 nitrogen and oxygen atoms in total. The molecule has 2 heterocycles. The van der Waals surface area contributed by atoms with Crippen LogP contribution >= 0.6 is 0 Å². The third-order valence-electron chi connectivity index (χ3n) is 6.72. The third-order valence-corrected chi connectivity index (χ3v) is 8.68. The second-order valence-corrected chi connectivity index (χ2v) is 11.5. The molecule has 0 fully saturated rings. The van der Waals surface area contributed by atoms with Crippen LogP contribution < -0.4 is 15.4 Å². The Hall–Kier alpha value is -3.81. The second kappa shape index (κ2) is 12.4. The fourth-order valence-electron chi connectivity index (χ4n) is 4.74. The molecule has 10 heteroatoms. The predicted molar refractivity (Wildman–Crippen MR) is 155 cm³/mol. The molecule has 0 unspecified atom stereocenters. The summed E-state index contributed by atoms with van der Waals surface area (Å²) in [6.07, 6.45) is 0.534. The van der Waals surface area contributed by atoms with Gasteiger partial charge in [-0.2, -0.15) is 0 Å². The van der Waals surface area contributed by atoms with E-state index >= 15 is 0 Å². The summed E-state index contributed by atoms with van der Waals surface area (Å²) in [6.45, 7) is 8.90. The van der Waals surface area contributed by atoms with Crippen LogP contribution in [0.25, 0.3) is 22.8 Å². The number of aryl methyl sites for hydroxylation is 1. The van der Waals surface area contributed by atoms with Gasteiger partial charge in [0, 0.05) is 0 Å². The van der Waals surface area contributed by atoms with Gasteiger partial charge in [0.2, 0.25) is 0 Å². The van der Waals surface area contributed by atoms with Gasteiger partial charge in [-0.25, -0.2) is 0 Å². The molecule has 1 aliphatic heterocycles. The quantitative estimate of drug-likeness (QED) is 0.180. The number of aromatic amines is 1. The minimum absolute atomic E-state index is 0.113. The van der Waals surface area contributed by atoms with Crippen LogP contribution in [0.15, 0.2) is 42.5 Å². The van der Waals surface area contributed by atoms with Gasteiger partial charge in [-0.3, -0.25) is 0 Å². The van der Waals surface area contributed by atoms with E-state index in [2.05, 4.69) is 34.4 Å². The van der Waals surface area contributed by atoms with Crippen LogP contribution in [0.2, 0.25) is 5.21 Å². The SMILES string of the molecule is CCN(CC)CC[As]C(=O)c1c(C)[nH]c(C=C2C(=O)Nc3ccc(NC(=O)O)cc32)c1-c1ccccc1OC. The van der Waals surface area contributed by atoms with Crippen molar-refractivity contribution in [3.63, 3.8) is 0 Å². The zero-order chi connectivity index (χ0) is 28.1. The number of para-hydroxylation sites is 1. The monoisotopic (exact) mass is 591 g/mol. The van der Waals surface area contributed by atoms with Crippen LogP contribution in [-0.2, 0) is 4.79 Å². The molecule has 3 aromatic rings. The van der Waals surface area contributed by atoms with E-state index in [1.165, 1.54) is 0 Å². The Morgan fingerprint density at radius 2 is 1.87 bits per heavy atom. The van der Waals surface area contributed by atoms with Gasteiger partial charge >= 0.3 is 235 Å². The molecule has 0 aliphatic carbocycles. The summed E-state index contributed by atoms with van der Waals surface area (Å²) in [7, 11) is 1.59. The molecular weight excluding hydrogens is 559 g/mol. The molecule has 2 aromatic carbocycles. The maximum atomic E-state index is 13.7. The summed E-state index contributed by atoms with van der Waals surface area (Å²) >= 11 is -0.603. The number of carbonyl (C=O) groups is 3. The number of amides is 2. The molecule has 0 saturated carbocycles. The number of benzene rings is 2. The molecule has 4 N–H and O–H groups in total. The van der Waals surface area contributed by atoms with Gasteiger partial charge < -0.3 is 0 Å². The number of carboxylic acid groups (broad SMARTS) is 1. The summed E-state index contributed by atoms with van der Waals surface area (Å²) in [4.78, 5) is 43.5. The van der Waals surface area contributed by atoms with E-state index in [0.717, 1.165) is 36.1 Å². The number of carbonyl (C=O) groups excluding carboxylic acids is 2. The maximum absolute atomic E-state index is 13.7. The summed E-state index contributed by atoms with van der Waals surface area (Å²) in [5.74, 6) is 0.308. The topological polar surface area (TPSA) is 124 Å². The van der Waals surface area contributed by atoms with Crippen LogP contribution in [0.3, 0.4) is 0 Å². The van der Waals surface area contributed by atoms with Crippen molar-refractivity contribution in [2.24, 2.45) is 0 Å². The number of anilines is 2. The number of H-pyrrole nitrogens is 1. The normalized spacial score (nSPS) is 13.8. The van der Waals surface area contributed by atoms with E-state index in [9.17, 15) is 14.4 Å². The van der Waals surface area contributed by atoms with Crippen molar-refractivity contribution < 1.29 is 24.2 Å². The number of hydrogen-bond donors (Lipinski definition) is 4. The van der Waals surface area contributed by atoms with Crippen molar-refractivity contribution in [2.45, 2.75) is 26.0 Å². The van der Waals surface area contributed by atoms with E-state index in [1.54, 1.807) is 31.4 Å². The van der Waals surface area contributed by atoms with Gasteiger partial charge in [-0.05, 0) is 0 Å². The van der Waals surface area contributed by atoms with Gasteiger partial charge in [-0.1, -0.05) is 0 Å². The number of rotatable bonds is 11. The summed E-state index contributed by atoms with van der Waals surface area (Å²) < 4.78 is 5.77. The summed E-state index contributed by atoms with van der Waals surface area (Å²) in [5, 5.41) is 15.1. The van der Waals surface area contributed by atoms with Crippen molar-refractivity contribution in [1.82, 2.24) is 9.88 Å². The number of fused-ring (bicyclic) bond motifs is 1. The van der Waals surface area contributed by atoms with Gasteiger partial charge in [0.15, 0.2) is 0 Å². The average molecular weight is 592 g/mol. The van der Waals surface area contributed by atoms with Gasteiger partial charge in [-0.15, -0.1) is 0 Å². The van der Waals surface area contributed by atoms with E-state index in [0.29, 0.717) is 45.1 Å². The number of nitrogens with zero attached hydrogens (tertiary/aromatic N) is 1. The predicted octanol–water partition coefficient (Wildman–Crippen LogP) is 5.19. The molecule has 1 aliphatic rings. The summed E-state index contributed by atoms with van der Waals surface area (Å²) in [6, 6.07) is 12.4. The molecule has 4 rings (SSSR count). The number of methoxy groups -OCH3 is 1. The van der Waals surface area contributed by atoms with Crippen molar-refractivity contribution >= 4 is 55.3 Å². The fourth-order valence-corrected chi connectivity index (χ4v) is 6.89. The third kappa shape index (κ3) is 6.10. The number of nitrogens with one attached hydrogen (secondary N) is 3. The van der Waals surface area contributed by atoms with Crippen molar-refractivity contribution in [1.29, 1.82) is 0 Å². The Morgan fingerprint density at radius 1 is 1.13 bits per heavy atom. The minimum atomic E-state index is -1.19. The van der Waals surface area contributed by atoms with E-state index in [-0.39, 0.29) is 10.5 Å². The van der Waals surface area contributed by atoms with Crippen LogP contribution in [0.5, 0.6) is 5.75 Å². The molecule has 39 heavy (non-hydrogen) atoms. The molecular formula is C29H32AsN4O5. The summed E-state index contributed by atoms with van der Waals surface area (Å²) in [5.41, 5.74) is 5.28. The molecule has 0 atom stereocenters. The first kappa shape index (κ1) is 28.2. The molecule has 0 saturated heterocycles. The Labute approximate surface area is 234 Å². The number of aromatic nitrogens is 1. The van der Waals surface area contributed by atoms with Crippen LogP contribution in [-0.4, -0.2) is 74.1 Å². The van der Waals surface area contributed by atoms with Crippen LogP contribution in [0.4, 0.5) is 16.2 Å². The zero-order valence-corrected chi connectivity index (χ0v) is 24.3. The first-order valence-corrected chi connectivity index (χ1v) is 15.0. The molecule has 2 amide bonds. The molecule has 0 bridgehead atoms. The average Bonchev–Trinajstić information content (AvgIpc) is 3.41. The van der Waals surface area contributed by atoms with E-state index in [1.807, 2.05) is 31.2 Å². The van der Waals surface area contributed by atoms with Gasteiger partial charge in [0.05, 0.1) is 0 Å². The second-order valence-electron chi connectivity index (χ2n) is 9.03. The van der Waals surface area contributed by atoms with E-state index in [4.69, 9.17) is 9.84 Å². The van der Waals surface area contributed by atoms with Crippen molar-refractivity contribution in [2.75, 3.05) is 37.4 Å². The number of ether oxygens (including phenoxy) is 1. The molecule has 1 radical (unpaired) electrons. The van der Waals surface area contributed by atoms with Crippen LogP contribution in [0.1, 0.15) is 41.2 Å². The molecule has 203 valence electrons. The first-order chi connectivity index (χ1) is 18.8. The first-order valence-electron chi connectivity index (χ1n) is 12.7. The van der Waals surface area contributed by atoms with Crippen molar-refractivity contribution in [3.8, 4) is 16.9 Å². The zero-order valence-electron chi connectivity index (χ0n) is 22.4.